The predicted molar refractivity (Wildman–Crippen MR) is 125 cm³/mol. The summed E-state index contributed by atoms with van der Waals surface area (Å²) in [6.07, 6.45) is 9.36. The number of anilines is 1. The number of ether oxygens (including phenoxy) is 1. The first-order valence-corrected chi connectivity index (χ1v) is 12.3. The lowest BCUT2D eigenvalue weighted by Crippen LogP contribution is -2.51. The van der Waals surface area contributed by atoms with Gasteiger partial charge >= 0.3 is 6.09 Å². The molecule has 3 fully saturated rings. The molecule has 3 saturated heterocycles. The number of piperidine rings is 2. The Morgan fingerprint density at radius 2 is 1.81 bits per heavy atom. The molecule has 32 heavy (non-hydrogen) atoms. The topological polar surface area (TPSA) is 83.6 Å². The number of rotatable bonds is 6. The van der Waals surface area contributed by atoms with E-state index in [0.717, 1.165) is 56.6 Å². The van der Waals surface area contributed by atoms with Gasteiger partial charge in [0, 0.05) is 36.3 Å². The summed E-state index contributed by atoms with van der Waals surface area (Å²) in [6.45, 7) is 7.79. The van der Waals surface area contributed by atoms with Gasteiger partial charge < -0.3 is 20.3 Å². The third-order valence-electron chi connectivity index (χ3n) is 7.03. The van der Waals surface area contributed by atoms with Crippen LogP contribution in [-0.4, -0.2) is 53.7 Å². The standard InChI is InChI=1S/C25H38N4O3/c1-25(2,3)32-24(31)28-19-14-20-6-7-21(15-19)29(20)23-9-5-18(16-27-23)22(30)8-4-17-10-12-26-13-11-17/h5,9,16-17,19-21,26H,4,6-8,10-15H2,1-3H3,(H,28,31). The van der Waals surface area contributed by atoms with Gasteiger partial charge in [0.15, 0.2) is 5.78 Å². The molecule has 2 N–H and O–H groups in total. The lowest BCUT2D eigenvalue weighted by Gasteiger charge is -2.40. The third kappa shape index (κ3) is 5.80. The summed E-state index contributed by atoms with van der Waals surface area (Å²) in [5.41, 5.74) is 0.233. The average molecular weight is 443 g/mol. The highest BCUT2D eigenvalue weighted by Gasteiger charge is 2.42. The van der Waals surface area contributed by atoms with E-state index < -0.39 is 5.60 Å². The van der Waals surface area contributed by atoms with E-state index in [1.54, 1.807) is 6.20 Å². The van der Waals surface area contributed by atoms with Crippen LogP contribution in [0.4, 0.5) is 10.6 Å². The van der Waals surface area contributed by atoms with Gasteiger partial charge in [0.05, 0.1) is 0 Å². The number of nitrogens with zero attached hydrogens (tertiary/aromatic N) is 2. The van der Waals surface area contributed by atoms with Crippen LogP contribution in [0.2, 0.25) is 0 Å². The summed E-state index contributed by atoms with van der Waals surface area (Å²) in [6, 6.07) is 4.81. The third-order valence-corrected chi connectivity index (χ3v) is 7.03. The number of nitrogens with one attached hydrogen (secondary N) is 2. The molecule has 0 saturated carbocycles. The van der Waals surface area contributed by atoms with Crippen LogP contribution in [0.25, 0.3) is 0 Å². The second kappa shape index (κ2) is 9.77. The molecule has 4 heterocycles. The van der Waals surface area contributed by atoms with E-state index in [0.29, 0.717) is 24.4 Å². The SMILES string of the molecule is CC(C)(C)OC(=O)NC1CC2CCC(C1)N2c1ccc(C(=O)CCC2CCNCC2)cn1. The van der Waals surface area contributed by atoms with Crippen LogP contribution < -0.4 is 15.5 Å². The maximum atomic E-state index is 12.6. The molecule has 0 radical (unpaired) electrons. The molecule has 7 nitrogen and oxygen atoms in total. The number of aromatic nitrogens is 1. The summed E-state index contributed by atoms with van der Waals surface area (Å²) in [7, 11) is 0. The highest BCUT2D eigenvalue weighted by Crippen LogP contribution is 2.38. The van der Waals surface area contributed by atoms with E-state index in [-0.39, 0.29) is 17.9 Å². The van der Waals surface area contributed by atoms with Crippen molar-refractivity contribution in [3.8, 4) is 0 Å². The fourth-order valence-corrected chi connectivity index (χ4v) is 5.50. The number of carbonyl (C=O) groups is 2. The van der Waals surface area contributed by atoms with E-state index in [2.05, 4.69) is 20.5 Å². The number of Topliss-reactive ketones (excluding diaryl/α,β-unsaturated/α-hetero) is 1. The van der Waals surface area contributed by atoms with Gasteiger partial charge in [-0.25, -0.2) is 9.78 Å². The van der Waals surface area contributed by atoms with Gasteiger partial charge in [0.2, 0.25) is 0 Å². The van der Waals surface area contributed by atoms with E-state index in [9.17, 15) is 9.59 Å². The molecule has 0 aliphatic carbocycles. The van der Waals surface area contributed by atoms with Gasteiger partial charge in [-0.2, -0.15) is 0 Å². The highest BCUT2D eigenvalue weighted by atomic mass is 16.6. The van der Waals surface area contributed by atoms with Gasteiger partial charge in [-0.1, -0.05) is 0 Å². The Kier molecular flexibility index (Phi) is 7.03. The van der Waals surface area contributed by atoms with Crippen LogP contribution in [0.1, 0.15) is 82.5 Å². The largest absolute Gasteiger partial charge is 0.444 e. The normalized spacial score (nSPS) is 26.1. The summed E-state index contributed by atoms with van der Waals surface area (Å²) in [5.74, 6) is 1.81. The number of amides is 1. The maximum Gasteiger partial charge on any atom is 0.407 e. The highest BCUT2D eigenvalue weighted by molar-refractivity contribution is 5.95. The summed E-state index contributed by atoms with van der Waals surface area (Å²) >= 11 is 0. The fourth-order valence-electron chi connectivity index (χ4n) is 5.50. The maximum absolute atomic E-state index is 12.6. The van der Waals surface area contributed by atoms with Crippen molar-refractivity contribution in [3.05, 3.63) is 23.9 Å². The lowest BCUT2D eigenvalue weighted by molar-refractivity contribution is 0.0492. The molecule has 176 valence electrons. The molecule has 7 heteroatoms. The molecule has 0 aromatic carbocycles. The second-order valence-electron chi connectivity index (χ2n) is 10.7. The molecule has 1 aromatic rings. The van der Waals surface area contributed by atoms with Crippen molar-refractivity contribution in [2.24, 2.45) is 5.92 Å². The summed E-state index contributed by atoms with van der Waals surface area (Å²) in [4.78, 5) is 31.9. The number of ketones is 1. The molecular formula is C25H38N4O3. The van der Waals surface area contributed by atoms with Crippen molar-refractivity contribution in [2.75, 3.05) is 18.0 Å². The Labute approximate surface area is 191 Å². The van der Waals surface area contributed by atoms with Crippen molar-refractivity contribution in [2.45, 2.75) is 95.9 Å². The average Bonchev–Trinajstić information content (AvgIpc) is 3.02. The minimum Gasteiger partial charge on any atom is -0.444 e. The van der Waals surface area contributed by atoms with Gasteiger partial charge in [0.25, 0.3) is 0 Å². The quantitative estimate of drug-likeness (QED) is 0.646. The lowest BCUT2D eigenvalue weighted by atomic mass is 9.91. The summed E-state index contributed by atoms with van der Waals surface area (Å²) < 4.78 is 5.43. The number of hydrogen-bond acceptors (Lipinski definition) is 6. The molecule has 2 atom stereocenters. The van der Waals surface area contributed by atoms with E-state index in [1.165, 1.54) is 12.8 Å². The van der Waals surface area contributed by atoms with Crippen LogP contribution >= 0.6 is 0 Å². The monoisotopic (exact) mass is 442 g/mol. The zero-order valence-corrected chi connectivity index (χ0v) is 19.7. The van der Waals surface area contributed by atoms with Crippen LogP contribution in [0.3, 0.4) is 0 Å². The van der Waals surface area contributed by atoms with E-state index in [4.69, 9.17) is 4.74 Å². The molecule has 3 aliphatic heterocycles. The summed E-state index contributed by atoms with van der Waals surface area (Å²) in [5, 5.41) is 6.43. The molecule has 2 unspecified atom stereocenters. The molecule has 2 bridgehead atoms. The minimum absolute atomic E-state index is 0.134. The van der Waals surface area contributed by atoms with Crippen LogP contribution in [0.5, 0.6) is 0 Å². The first kappa shape index (κ1) is 23.0. The van der Waals surface area contributed by atoms with Crippen molar-refractivity contribution in [3.63, 3.8) is 0 Å². The molecule has 4 rings (SSSR count). The number of fused-ring (bicyclic) bond motifs is 2. The molecule has 1 amide bonds. The number of alkyl carbamates (subject to hydrolysis) is 1. The first-order chi connectivity index (χ1) is 15.3. The number of carbonyl (C=O) groups excluding carboxylic acids is 2. The zero-order valence-electron chi connectivity index (χ0n) is 19.7. The van der Waals surface area contributed by atoms with E-state index >= 15 is 0 Å². The molecule has 3 aliphatic rings. The Morgan fingerprint density at radius 3 is 2.41 bits per heavy atom. The van der Waals surface area contributed by atoms with Gasteiger partial charge in [0.1, 0.15) is 11.4 Å². The van der Waals surface area contributed by atoms with Crippen molar-refractivity contribution >= 4 is 17.7 Å². The number of pyridine rings is 1. The second-order valence-corrected chi connectivity index (χ2v) is 10.7. The Hall–Kier alpha value is -2.15. The Morgan fingerprint density at radius 1 is 1.12 bits per heavy atom. The minimum atomic E-state index is -0.486. The van der Waals surface area contributed by atoms with Crippen LogP contribution in [-0.2, 0) is 4.74 Å². The fraction of sp³-hybridized carbons (Fsp3) is 0.720. The molecule has 0 spiro atoms. The Balaban J connectivity index is 1.31. The predicted octanol–water partition coefficient (Wildman–Crippen LogP) is 4.07. The van der Waals surface area contributed by atoms with Crippen LogP contribution in [0, 0.1) is 5.92 Å². The first-order valence-electron chi connectivity index (χ1n) is 12.3. The van der Waals surface area contributed by atoms with Crippen molar-refractivity contribution < 1.29 is 14.3 Å². The van der Waals surface area contributed by atoms with Gasteiger partial charge in [-0.05, 0) is 96.9 Å². The van der Waals surface area contributed by atoms with Crippen LogP contribution in [0.15, 0.2) is 18.3 Å². The molecular weight excluding hydrogens is 404 g/mol. The number of hydrogen-bond donors (Lipinski definition) is 2. The van der Waals surface area contributed by atoms with Crippen molar-refractivity contribution in [1.82, 2.24) is 15.6 Å². The van der Waals surface area contributed by atoms with Gasteiger partial charge in [-0.15, -0.1) is 0 Å². The smallest absolute Gasteiger partial charge is 0.407 e. The Bertz CT molecular complexity index is 784. The zero-order chi connectivity index (χ0) is 22.7. The molecule has 1 aromatic heterocycles. The van der Waals surface area contributed by atoms with Crippen molar-refractivity contribution in [1.29, 1.82) is 0 Å². The van der Waals surface area contributed by atoms with E-state index in [1.807, 2.05) is 32.9 Å². The van der Waals surface area contributed by atoms with Gasteiger partial charge in [-0.3, -0.25) is 4.79 Å².